The van der Waals surface area contributed by atoms with Crippen LogP contribution in [0.1, 0.15) is 24.8 Å². The lowest BCUT2D eigenvalue weighted by atomic mass is 10.1. The lowest BCUT2D eigenvalue weighted by Crippen LogP contribution is -2.26. The smallest absolute Gasteiger partial charge is 0.224 e. The highest BCUT2D eigenvalue weighted by Crippen LogP contribution is 2.24. The average molecular weight is 281 g/mol. The first-order valence-electron chi connectivity index (χ1n) is 6.79. The number of amides is 1. The van der Waals surface area contributed by atoms with Crippen molar-refractivity contribution in [1.82, 2.24) is 5.32 Å². The summed E-state index contributed by atoms with van der Waals surface area (Å²) in [5, 5.41) is 11.5. The van der Waals surface area contributed by atoms with Crippen LogP contribution in [-0.2, 0) is 11.2 Å². The second-order valence-corrected chi connectivity index (χ2v) is 4.49. The Morgan fingerprint density at radius 3 is 2.65 bits per heavy atom. The summed E-state index contributed by atoms with van der Waals surface area (Å²) < 4.78 is 10.4. The molecule has 1 aromatic carbocycles. The highest BCUT2D eigenvalue weighted by molar-refractivity contribution is 5.79. The Hall–Kier alpha value is -1.75. The Morgan fingerprint density at radius 2 is 2.00 bits per heavy atom. The number of unbranched alkanes of at least 4 members (excludes halogenated alkanes) is 2. The van der Waals surface area contributed by atoms with Crippen molar-refractivity contribution >= 4 is 5.91 Å². The fraction of sp³-hybridized carbons (Fsp3) is 0.533. The zero-order chi connectivity index (χ0) is 14.8. The zero-order valence-electron chi connectivity index (χ0n) is 12.1. The van der Waals surface area contributed by atoms with Crippen molar-refractivity contribution in [3.05, 3.63) is 23.8 Å². The summed E-state index contributed by atoms with van der Waals surface area (Å²) in [5.74, 6) is 1.33. The van der Waals surface area contributed by atoms with Gasteiger partial charge in [-0.25, -0.2) is 0 Å². The summed E-state index contributed by atoms with van der Waals surface area (Å²) in [6.07, 6.45) is 2.87. The minimum absolute atomic E-state index is 0.0301. The number of ether oxygens (including phenoxy) is 2. The zero-order valence-corrected chi connectivity index (χ0v) is 12.1. The molecule has 0 aliphatic heterocycles. The van der Waals surface area contributed by atoms with Crippen LogP contribution in [0.25, 0.3) is 0 Å². The predicted molar refractivity (Wildman–Crippen MR) is 77.2 cm³/mol. The van der Waals surface area contributed by atoms with Crippen molar-refractivity contribution < 1.29 is 19.4 Å². The highest BCUT2D eigenvalue weighted by atomic mass is 16.5. The molecule has 2 N–H and O–H groups in total. The van der Waals surface area contributed by atoms with Crippen LogP contribution in [0.15, 0.2) is 18.2 Å². The fourth-order valence-corrected chi connectivity index (χ4v) is 1.87. The van der Waals surface area contributed by atoms with E-state index in [9.17, 15) is 4.79 Å². The summed E-state index contributed by atoms with van der Waals surface area (Å²) in [5.41, 5.74) is 0.834. The monoisotopic (exact) mass is 281 g/mol. The summed E-state index contributed by atoms with van der Waals surface area (Å²) in [7, 11) is 3.17. The maximum atomic E-state index is 11.8. The van der Waals surface area contributed by atoms with Gasteiger partial charge in [-0.15, -0.1) is 0 Å². The van der Waals surface area contributed by atoms with E-state index in [2.05, 4.69) is 5.32 Å². The fourth-order valence-electron chi connectivity index (χ4n) is 1.87. The minimum Gasteiger partial charge on any atom is -0.497 e. The van der Waals surface area contributed by atoms with E-state index in [1.165, 1.54) is 0 Å². The van der Waals surface area contributed by atoms with Crippen LogP contribution in [-0.4, -0.2) is 38.4 Å². The van der Waals surface area contributed by atoms with Crippen molar-refractivity contribution in [3.8, 4) is 11.5 Å². The third kappa shape index (κ3) is 5.48. The molecule has 0 atom stereocenters. The largest absolute Gasteiger partial charge is 0.497 e. The molecule has 0 spiro atoms. The molecule has 1 rings (SSSR count). The molecule has 0 saturated carbocycles. The Kier molecular flexibility index (Phi) is 7.50. The molecular weight excluding hydrogens is 258 g/mol. The van der Waals surface area contributed by atoms with Gasteiger partial charge in [0.25, 0.3) is 0 Å². The van der Waals surface area contributed by atoms with Gasteiger partial charge in [0, 0.05) is 24.8 Å². The molecule has 0 heterocycles. The van der Waals surface area contributed by atoms with Crippen LogP contribution in [0, 0.1) is 0 Å². The molecular formula is C15H23NO4. The first-order chi connectivity index (χ1) is 9.71. The molecule has 112 valence electrons. The Labute approximate surface area is 119 Å². The molecule has 1 aromatic rings. The maximum Gasteiger partial charge on any atom is 0.224 e. The van der Waals surface area contributed by atoms with Crippen LogP contribution in [0.3, 0.4) is 0 Å². The quantitative estimate of drug-likeness (QED) is 0.674. The standard InChI is InChI=1S/C15H23NO4/c1-19-13-7-6-12(14(11-13)20-2)10-15(18)16-8-4-3-5-9-17/h6-7,11,17H,3-5,8-10H2,1-2H3,(H,16,18). The molecule has 0 fully saturated rings. The lowest BCUT2D eigenvalue weighted by molar-refractivity contribution is -0.120. The first kappa shape index (κ1) is 16.3. The van der Waals surface area contributed by atoms with E-state index in [4.69, 9.17) is 14.6 Å². The molecule has 0 bridgehead atoms. The van der Waals surface area contributed by atoms with E-state index < -0.39 is 0 Å². The van der Waals surface area contributed by atoms with Gasteiger partial charge >= 0.3 is 0 Å². The number of nitrogens with one attached hydrogen (secondary N) is 1. The molecule has 0 aliphatic carbocycles. The van der Waals surface area contributed by atoms with Gasteiger partial charge in [-0.2, -0.15) is 0 Å². The van der Waals surface area contributed by atoms with Gasteiger partial charge in [0.1, 0.15) is 11.5 Å². The van der Waals surface area contributed by atoms with E-state index in [0.29, 0.717) is 18.0 Å². The van der Waals surface area contributed by atoms with Gasteiger partial charge in [-0.05, 0) is 25.3 Å². The van der Waals surface area contributed by atoms with Crippen molar-refractivity contribution in [2.45, 2.75) is 25.7 Å². The van der Waals surface area contributed by atoms with Crippen molar-refractivity contribution in [2.75, 3.05) is 27.4 Å². The third-order valence-corrected chi connectivity index (χ3v) is 3.00. The number of carbonyl (C=O) groups excluding carboxylic acids is 1. The summed E-state index contributed by atoms with van der Waals surface area (Å²) in [6.45, 7) is 0.842. The third-order valence-electron chi connectivity index (χ3n) is 3.00. The molecule has 1 amide bonds. The molecule has 0 unspecified atom stereocenters. The van der Waals surface area contributed by atoms with Gasteiger partial charge in [0.05, 0.1) is 20.6 Å². The molecule has 0 aliphatic rings. The van der Waals surface area contributed by atoms with Gasteiger partial charge in [0.2, 0.25) is 5.91 Å². The van der Waals surface area contributed by atoms with Crippen LogP contribution in [0.2, 0.25) is 0 Å². The van der Waals surface area contributed by atoms with E-state index in [-0.39, 0.29) is 18.9 Å². The Bertz CT molecular complexity index is 420. The second-order valence-electron chi connectivity index (χ2n) is 4.49. The molecule has 20 heavy (non-hydrogen) atoms. The molecule has 5 nitrogen and oxygen atoms in total. The van der Waals surface area contributed by atoms with Gasteiger partial charge in [0.15, 0.2) is 0 Å². The average Bonchev–Trinajstić information content (AvgIpc) is 2.47. The van der Waals surface area contributed by atoms with Crippen LogP contribution < -0.4 is 14.8 Å². The number of aliphatic hydroxyl groups excluding tert-OH is 1. The molecule has 5 heteroatoms. The van der Waals surface area contributed by atoms with Crippen molar-refractivity contribution in [3.63, 3.8) is 0 Å². The number of rotatable bonds is 9. The number of hydrogen-bond donors (Lipinski definition) is 2. The van der Waals surface area contributed by atoms with Crippen LogP contribution in [0.5, 0.6) is 11.5 Å². The number of methoxy groups -OCH3 is 2. The first-order valence-corrected chi connectivity index (χ1v) is 6.79. The maximum absolute atomic E-state index is 11.8. The SMILES string of the molecule is COc1ccc(CC(=O)NCCCCCO)c(OC)c1. The van der Waals surface area contributed by atoms with Gasteiger partial charge < -0.3 is 19.9 Å². The Balaban J connectivity index is 2.45. The van der Waals surface area contributed by atoms with Crippen molar-refractivity contribution in [1.29, 1.82) is 0 Å². The van der Waals surface area contributed by atoms with Crippen LogP contribution >= 0.6 is 0 Å². The van der Waals surface area contributed by atoms with Crippen LogP contribution in [0.4, 0.5) is 0 Å². The highest BCUT2D eigenvalue weighted by Gasteiger charge is 2.09. The van der Waals surface area contributed by atoms with E-state index in [0.717, 1.165) is 24.8 Å². The Morgan fingerprint density at radius 1 is 1.20 bits per heavy atom. The van der Waals surface area contributed by atoms with Crippen molar-refractivity contribution in [2.24, 2.45) is 0 Å². The normalized spacial score (nSPS) is 10.2. The van der Waals surface area contributed by atoms with E-state index >= 15 is 0 Å². The number of hydrogen-bond acceptors (Lipinski definition) is 4. The summed E-state index contributed by atoms with van der Waals surface area (Å²) in [6, 6.07) is 5.42. The topological polar surface area (TPSA) is 67.8 Å². The summed E-state index contributed by atoms with van der Waals surface area (Å²) in [4.78, 5) is 11.8. The van der Waals surface area contributed by atoms with E-state index in [1.54, 1.807) is 20.3 Å². The second kappa shape index (κ2) is 9.20. The summed E-state index contributed by atoms with van der Waals surface area (Å²) >= 11 is 0. The number of benzene rings is 1. The van der Waals surface area contributed by atoms with E-state index in [1.807, 2.05) is 12.1 Å². The minimum atomic E-state index is -0.0301. The number of aliphatic hydroxyl groups is 1. The molecule has 0 saturated heterocycles. The molecule has 0 radical (unpaired) electrons. The predicted octanol–water partition coefficient (Wildman–Crippen LogP) is 1.53. The van der Waals surface area contributed by atoms with Gasteiger partial charge in [-0.1, -0.05) is 6.07 Å². The molecule has 0 aromatic heterocycles. The lowest BCUT2D eigenvalue weighted by Gasteiger charge is -2.10. The number of carbonyl (C=O) groups is 1. The van der Waals surface area contributed by atoms with Gasteiger partial charge in [-0.3, -0.25) is 4.79 Å².